The number of hydrogen-bond donors (Lipinski definition) is 1. The van der Waals surface area contributed by atoms with E-state index in [0.717, 1.165) is 32.2 Å². The SMILES string of the molecule is COCCCNCCN1CCC(N2CCCC2)C1. The molecule has 2 aliphatic heterocycles. The first-order valence-electron chi connectivity index (χ1n) is 7.56. The third-order valence-corrected chi connectivity index (χ3v) is 4.21. The fraction of sp³-hybridized carbons (Fsp3) is 1.00. The lowest BCUT2D eigenvalue weighted by Crippen LogP contribution is -2.37. The number of methoxy groups -OCH3 is 1. The van der Waals surface area contributed by atoms with Gasteiger partial charge in [-0.05, 0) is 51.9 Å². The topological polar surface area (TPSA) is 27.7 Å². The Morgan fingerprint density at radius 2 is 2.00 bits per heavy atom. The van der Waals surface area contributed by atoms with E-state index < -0.39 is 0 Å². The molecule has 1 N–H and O–H groups in total. The molecule has 0 saturated carbocycles. The lowest BCUT2D eigenvalue weighted by molar-refractivity contribution is 0.193. The molecule has 2 aliphatic rings. The molecule has 2 fully saturated rings. The Morgan fingerprint density at radius 3 is 2.78 bits per heavy atom. The van der Waals surface area contributed by atoms with E-state index in [9.17, 15) is 0 Å². The van der Waals surface area contributed by atoms with Crippen LogP contribution >= 0.6 is 0 Å². The van der Waals surface area contributed by atoms with Crippen LogP contribution in [0.4, 0.5) is 0 Å². The van der Waals surface area contributed by atoms with E-state index in [-0.39, 0.29) is 0 Å². The van der Waals surface area contributed by atoms with Crippen LogP contribution in [0.3, 0.4) is 0 Å². The summed E-state index contributed by atoms with van der Waals surface area (Å²) in [5, 5.41) is 3.50. The summed E-state index contributed by atoms with van der Waals surface area (Å²) >= 11 is 0. The van der Waals surface area contributed by atoms with Gasteiger partial charge in [-0.25, -0.2) is 0 Å². The molecule has 4 nitrogen and oxygen atoms in total. The smallest absolute Gasteiger partial charge is 0.0474 e. The molecule has 0 amide bonds. The van der Waals surface area contributed by atoms with Crippen LogP contribution in [0.2, 0.25) is 0 Å². The highest BCUT2D eigenvalue weighted by atomic mass is 16.5. The normalized spacial score (nSPS) is 26.2. The predicted molar refractivity (Wildman–Crippen MR) is 75.0 cm³/mol. The maximum atomic E-state index is 5.04. The molecule has 1 unspecified atom stereocenters. The summed E-state index contributed by atoms with van der Waals surface area (Å²) < 4.78 is 5.04. The van der Waals surface area contributed by atoms with Crippen molar-refractivity contribution in [2.45, 2.75) is 31.7 Å². The zero-order valence-corrected chi connectivity index (χ0v) is 11.9. The fourth-order valence-corrected chi connectivity index (χ4v) is 3.12. The molecule has 2 heterocycles. The minimum absolute atomic E-state index is 0.848. The summed E-state index contributed by atoms with van der Waals surface area (Å²) in [4.78, 5) is 5.32. The maximum absolute atomic E-state index is 5.04. The van der Waals surface area contributed by atoms with E-state index in [1.54, 1.807) is 7.11 Å². The van der Waals surface area contributed by atoms with Gasteiger partial charge in [0.1, 0.15) is 0 Å². The molecular weight excluding hydrogens is 226 g/mol. The zero-order chi connectivity index (χ0) is 12.6. The summed E-state index contributed by atoms with van der Waals surface area (Å²) in [5.74, 6) is 0. The fourth-order valence-electron chi connectivity index (χ4n) is 3.12. The molecule has 0 aromatic rings. The number of nitrogens with zero attached hydrogens (tertiary/aromatic N) is 2. The molecule has 0 radical (unpaired) electrons. The van der Waals surface area contributed by atoms with E-state index >= 15 is 0 Å². The molecule has 2 saturated heterocycles. The second-order valence-corrected chi connectivity index (χ2v) is 5.58. The van der Waals surface area contributed by atoms with Gasteiger partial charge in [0.15, 0.2) is 0 Å². The first-order valence-corrected chi connectivity index (χ1v) is 7.56. The van der Waals surface area contributed by atoms with E-state index in [4.69, 9.17) is 4.74 Å². The zero-order valence-electron chi connectivity index (χ0n) is 11.9. The second-order valence-electron chi connectivity index (χ2n) is 5.58. The van der Waals surface area contributed by atoms with Crippen LogP contribution in [0.5, 0.6) is 0 Å². The average molecular weight is 255 g/mol. The molecule has 0 aliphatic carbocycles. The molecular formula is C14H29N3O. The number of ether oxygens (including phenoxy) is 1. The Kier molecular flexibility index (Phi) is 6.41. The number of likely N-dealkylation sites (tertiary alicyclic amines) is 2. The van der Waals surface area contributed by atoms with Gasteiger partial charge in [0.05, 0.1) is 0 Å². The highest BCUT2D eigenvalue weighted by Gasteiger charge is 2.28. The minimum atomic E-state index is 0.848. The van der Waals surface area contributed by atoms with E-state index in [2.05, 4.69) is 15.1 Å². The predicted octanol–water partition coefficient (Wildman–Crippen LogP) is 0.783. The highest BCUT2D eigenvalue weighted by Crippen LogP contribution is 2.19. The lowest BCUT2D eigenvalue weighted by Gasteiger charge is -2.23. The van der Waals surface area contributed by atoms with E-state index in [1.165, 1.54) is 52.0 Å². The molecule has 2 rings (SSSR count). The van der Waals surface area contributed by atoms with Crippen molar-refractivity contribution >= 4 is 0 Å². The largest absolute Gasteiger partial charge is 0.385 e. The standard InChI is InChI=1S/C14H29N3O/c1-18-12-4-6-15-7-11-16-10-5-14(13-16)17-8-2-3-9-17/h14-15H,2-13H2,1H3. The van der Waals surface area contributed by atoms with E-state index in [1.807, 2.05) is 0 Å². The monoisotopic (exact) mass is 255 g/mol. The molecule has 4 heteroatoms. The number of nitrogens with one attached hydrogen (secondary N) is 1. The van der Waals surface area contributed by atoms with Crippen LogP contribution in [0.15, 0.2) is 0 Å². The summed E-state index contributed by atoms with van der Waals surface area (Å²) in [6.07, 6.45) is 5.33. The van der Waals surface area contributed by atoms with Gasteiger partial charge < -0.3 is 15.0 Å². The Balaban J connectivity index is 1.50. The van der Waals surface area contributed by atoms with Crippen molar-refractivity contribution in [1.82, 2.24) is 15.1 Å². The quantitative estimate of drug-likeness (QED) is 0.649. The third-order valence-electron chi connectivity index (χ3n) is 4.21. The Morgan fingerprint density at radius 1 is 1.17 bits per heavy atom. The van der Waals surface area contributed by atoms with Crippen molar-refractivity contribution in [1.29, 1.82) is 0 Å². The lowest BCUT2D eigenvalue weighted by atomic mass is 10.2. The summed E-state index contributed by atoms with van der Waals surface area (Å²) in [5.41, 5.74) is 0. The number of rotatable bonds is 8. The van der Waals surface area contributed by atoms with Gasteiger partial charge in [-0.3, -0.25) is 4.90 Å². The van der Waals surface area contributed by atoms with Crippen molar-refractivity contribution < 1.29 is 4.74 Å². The summed E-state index contributed by atoms with van der Waals surface area (Å²) in [6, 6.07) is 0.848. The van der Waals surface area contributed by atoms with Crippen molar-refractivity contribution in [3.05, 3.63) is 0 Å². The molecule has 1 atom stereocenters. The second kappa shape index (κ2) is 8.10. The van der Waals surface area contributed by atoms with Gasteiger partial charge in [0.25, 0.3) is 0 Å². The van der Waals surface area contributed by atoms with Crippen molar-refractivity contribution in [3.8, 4) is 0 Å². The van der Waals surface area contributed by atoms with Gasteiger partial charge >= 0.3 is 0 Å². The maximum Gasteiger partial charge on any atom is 0.0474 e. The van der Waals surface area contributed by atoms with Crippen molar-refractivity contribution in [3.63, 3.8) is 0 Å². The van der Waals surface area contributed by atoms with Gasteiger partial charge in [-0.2, -0.15) is 0 Å². The summed E-state index contributed by atoms with van der Waals surface area (Å²) in [6.45, 7) is 9.54. The number of hydrogen-bond acceptors (Lipinski definition) is 4. The van der Waals surface area contributed by atoms with Crippen LogP contribution in [0.25, 0.3) is 0 Å². The molecule has 106 valence electrons. The highest BCUT2D eigenvalue weighted by molar-refractivity contribution is 4.85. The molecule has 0 spiro atoms. The van der Waals surface area contributed by atoms with Gasteiger partial charge in [-0.15, -0.1) is 0 Å². The van der Waals surface area contributed by atoms with Crippen molar-refractivity contribution in [2.75, 3.05) is 59.5 Å². The Hall–Kier alpha value is -0.160. The Labute approximate surface area is 112 Å². The molecule has 0 aromatic carbocycles. The van der Waals surface area contributed by atoms with Crippen LogP contribution in [0, 0.1) is 0 Å². The first kappa shape index (κ1) is 14.3. The van der Waals surface area contributed by atoms with Crippen LogP contribution < -0.4 is 5.32 Å². The van der Waals surface area contributed by atoms with Gasteiger partial charge in [-0.1, -0.05) is 0 Å². The Bertz CT molecular complexity index is 219. The van der Waals surface area contributed by atoms with Crippen LogP contribution in [-0.2, 0) is 4.74 Å². The van der Waals surface area contributed by atoms with Gasteiger partial charge in [0.2, 0.25) is 0 Å². The van der Waals surface area contributed by atoms with Crippen LogP contribution in [-0.4, -0.2) is 75.4 Å². The average Bonchev–Trinajstić information content (AvgIpc) is 3.03. The summed E-state index contributed by atoms with van der Waals surface area (Å²) in [7, 11) is 1.77. The third kappa shape index (κ3) is 4.50. The first-order chi connectivity index (χ1) is 8.90. The minimum Gasteiger partial charge on any atom is -0.385 e. The van der Waals surface area contributed by atoms with Gasteiger partial charge in [0, 0.05) is 39.4 Å². The molecule has 18 heavy (non-hydrogen) atoms. The van der Waals surface area contributed by atoms with Crippen molar-refractivity contribution in [2.24, 2.45) is 0 Å². The van der Waals surface area contributed by atoms with E-state index in [0.29, 0.717) is 0 Å². The molecule has 0 aromatic heterocycles. The van der Waals surface area contributed by atoms with Crippen LogP contribution in [0.1, 0.15) is 25.7 Å². The molecule has 0 bridgehead atoms.